The Labute approximate surface area is 114 Å². The van der Waals surface area contributed by atoms with E-state index < -0.39 is 0 Å². The molecule has 1 saturated heterocycles. The molecule has 0 atom stereocenters. The van der Waals surface area contributed by atoms with Crippen LogP contribution in [0.2, 0.25) is 0 Å². The zero-order valence-corrected chi connectivity index (χ0v) is 11.2. The van der Waals surface area contributed by atoms with Gasteiger partial charge in [0.15, 0.2) is 0 Å². The summed E-state index contributed by atoms with van der Waals surface area (Å²) in [5.74, 6) is 0.0880. The number of piperazine rings is 1. The summed E-state index contributed by atoms with van der Waals surface area (Å²) in [6, 6.07) is 9.96. The number of amides is 1. The molecule has 0 saturated carbocycles. The molecule has 0 radical (unpaired) electrons. The van der Waals surface area contributed by atoms with Gasteiger partial charge in [-0.2, -0.15) is 0 Å². The lowest BCUT2D eigenvalue weighted by atomic mass is 10.2. The number of carbonyl (C=O) groups is 1. The molecule has 1 fully saturated rings. The Morgan fingerprint density at radius 3 is 2.37 bits per heavy atom. The minimum Gasteiger partial charge on any atom is -0.351 e. The summed E-state index contributed by atoms with van der Waals surface area (Å²) >= 11 is 0. The third-order valence-electron chi connectivity index (χ3n) is 3.42. The van der Waals surface area contributed by atoms with Crippen molar-refractivity contribution in [3.63, 3.8) is 0 Å². The molecule has 1 aliphatic rings. The van der Waals surface area contributed by atoms with Gasteiger partial charge in [0.1, 0.15) is 0 Å². The van der Waals surface area contributed by atoms with Gasteiger partial charge in [0, 0.05) is 39.4 Å². The van der Waals surface area contributed by atoms with E-state index in [1.165, 1.54) is 0 Å². The van der Waals surface area contributed by atoms with Crippen LogP contribution in [-0.4, -0.2) is 55.1 Å². The Morgan fingerprint density at radius 2 is 1.74 bits per heavy atom. The van der Waals surface area contributed by atoms with Crippen LogP contribution in [0.4, 0.5) is 0 Å². The highest BCUT2D eigenvalue weighted by atomic mass is 16.2. The molecule has 2 rings (SSSR count). The molecule has 104 valence electrons. The van der Waals surface area contributed by atoms with Gasteiger partial charge in [-0.1, -0.05) is 30.3 Å². The van der Waals surface area contributed by atoms with E-state index in [2.05, 4.69) is 15.1 Å². The van der Waals surface area contributed by atoms with Crippen LogP contribution in [0.3, 0.4) is 0 Å². The molecule has 0 unspecified atom stereocenters. The lowest BCUT2D eigenvalue weighted by Gasteiger charge is -2.33. The second-order valence-electron chi connectivity index (χ2n) is 4.84. The van der Waals surface area contributed by atoms with E-state index in [1.807, 2.05) is 30.3 Å². The van der Waals surface area contributed by atoms with Gasteiger partial charge >= 0.3 is 0 Å². The van der Waals surface area contributed by atoms with Crippen molar-refractivity contribution in [2.24, 2.45) is 5.73 Å². The zero-order chi connectivity index (χ0) is 13.5. The second kappa shape index (κ2) is 7.23. The molecule has 0 bridgehead atoms. The normalized spacial score (nSPS) is 17.3. The zero-order valence-electron chi connectivity index (χ0n) is 11.2. The minimum absolute atomic E-state index is 0.0880. The van der Waals surface area contributed by atoms with Crippen molar-refractivity contribution >= 4 is 5.91 Å². The SMILES string of the molecule is NCN1CCN(CC(=O)NCc2ccccc2)CC1. The van der Waals surface area contributed by atoms with E-state index in [0.717, 1.165) is 31.7 Å². The molecule has 1 aromatic carbocycles. The van der Waals surface area contributed by atoms with Gasteiger partial charge in [0.2, 0.25) is 5.91 Å². The smallest absolute Gasteiger partial charge is 0.234 e. The van der Waals surface area contributed by atoms with Crippen molar-refractivity contribution in [3.05, 3.63) is 35.9 Å². The first-order chi connectivity index (χ1) is 9.28. The van der Waals surface area contributed by atoms with E-state index in [-0.39, 0.29) is 5.91 Å². The van der Waals surface area contributed by atoms with Crippen LogP contribution in [0.15, 0.2) is 30.3 Å². The van der Waals surface area contributed by atoms with Crippen LogP contribution in [0, 0.1) is 0 Å². The number of benzene rings is 1. The predicted octanol–water partition coefficient (Wildman–Crippen LogP) is -0.163. The molecule has 3 N–H and O–H groups in total. The molecule has 1 amide bonds. The molecule has 19 heavy (non-hydrogen) atoms. The Bertz CT molecular complexity index is 388. The van der Waals surface area contributed by atoms with Gasteiger partial charge in [-0.15, -0.1) is 0 Å². The first kappa shape index (κ1) is 14.0. The standard InChI is InChI=1S/C14H22N4O/c15-12-18-8-6-17(7-9-18)11-14(19)16-10-13-4-2-1-3-5-13/h1-5H,6-12,15H2,(H,16,19). The molecule has 5 nitrogen and oxygen atoms in total. The molecule has 0 aromatic heterocycles. The van der Waals surface area contributed by atoms with Crippen LogP contribution in [0.1, 0.15) is 5.56 Å². The number of nitrogens with zero attached hydrogens (tertiary/aromatic N) is 2. The lowest BCUT2D eigenvalue weighted by molar-refractivity contribution is -0.122. The van der Waals surface area contributed by atoms with Crippen LogP contribution < -0.4 is 11.1 Å². The van der Waals surface area contributed by atoms with Crippen molar-refractivity contribution in [1.82, 2.24) is 15.1 Å². The molecular formula is C14H22N4O. The second-order valence-corrected chi connectivity index (χ2v) is 4.84. The lowest BCUT2D eigenvalue weighted by Crippen LogP contribution is -2.50. The van der Waals surface area contributed by atoms with Gasteiger partial charge in [-0.05, 0) is 5.56 Å². The van der Waals surface area contributed by atoms with Crippen molar-refractivity contribution in [2.45, 2.75) is 6.54 Å². The summed E-state index contributed by atoms with van der Waals surface area (Å²) in [6.07, 6.45) is 0. The Morgan fingerprint density at radius 1 is 1.11 bits per heavy atom. The van der Waals surface area contributed by atoms with Crippen molar-refractivity contribution in [3.8, 4) is 0 Å². The quantitative estimate of drug-likeness (QED) is 0.774. The van der Waals surface area contributed by atoms with E-state index in [0.29, 0.717) is 19.8 Å². The van der Waals surface area contributed by atoms with Crippen LogP contribution >= 0.6 is 0 Å². The van der Waals surface area contributed by atoms with E-state index >= 15 is 0 Å². The van der Waals surface area contributed by atoms with E-state index in [9.17, 15) is 4.79 Å². The van der Waals surface area contributed by atoms with Crippen LogP contribution in [0.25, 0.3) is 0 Å². The maximum absolute atomic E-state index is 11.8. The molecule has 0 aliphatic carbocycles. The fraction of sp³-hybridized carbons (Fsp3) is 0.500. The molecule has 1 aromatic rings. The van der Waals surface area contributed by atoms with Crippen LogP contribution in [-0.2, 0) is 11.3 Å². The summed E-state index contributed by atoms with van der Waals surface area (Å²) in [7, 11) is 0. The summed E-state index contributed by atoms with van der Waals surface area (Å²) in [5.41, 5.74) is 6.72. The summed E-state index contributed by atoms with van der Waals surface area (Å²) in [5, 5.41) is 2.95. The summed E-state index contributed by atoms with van der Waals surface area (Å²) < 4.78 is 0. The van der Waals surface area contributed by atoms with Gasteiger partial charge < -0.3 is 11.1 Å². The fourth-order valence-corrected chi connectivity index (χ4v) is 2.19. The Balaban J connectivity index is 1.67. The van der Waals surface area contributed by atoms with Crippen molar-refractivity contribution < 1.29 is 4.79 Å². The van der Waals surface area contributed by atoms with Gasteiger partial charge in [-0.25, -0.2) is 0 Å². The van der Waals surface area contributed by atoms with E-state index in [4.69, 9.17) is 5.73 Å². The minimum atomic E-state index is 0.0880. The average molecular weight is 262 g/mol. The molecule has 0 spiro atoms. The maximum Gasteiger partial charge on any atom is 0.234 e. The third-order valence-corrected chi connectivity index (χ3v) is 3.42. The van der Waals surface area contributed by atoms with Gasteiger partial charge in [-0.3, -0.25) is 14.6 Å². The number of nitrogens with one attached hydrogen (secondary N) is 1. The summed E-state index contributed by atoms with van der Waals surface area (Å²) in [6.45, 7) is 5.40. The topological polar surface area (TPSA) is 61.6 Å². The number of hydrogen-bond acceptors (Lipinski definition) is 4. The molecule has 1 heterocycles. The average Bonchev–Trinajstić information content (AvgIpc) is 2.47. The van der Waals surface area contributed by atoms with Gasteiger partial charge in [0.25, 0.3) is 0 Å². The first-order valence-corrected chi connectivity index (χ1v) is 6.73. The number of hydrogen-bond donors (Lipinski definition) is 2. The largest absolute Gasteiger partial charge is 0.351 e. The molecule has 1 aliphatic heterocycles. The van der Waals surface area contributed by atoms with Crippen LogP contribution in [0.5, 0.6) is 0 Å². The highest BCUT2D eigenvalue weighted by Gasteiger charge is 2.17. The molecule has 5 heteroatoms. The van der Waals surface area contributed by atoms with E-state index in [1.54, 1.807) is 0 Å². The highest BCUT2D eigenvalue weighted by Crippen LogP contribution is 2.00. The number of carbonyl (C=O) groups excluding carboxylic acids is 1. The monoisotopic (exact) mass is 262 g/mol. The summed E-state index contributed by atoms with van der Waals surface area (Å²) in [4.78, 5) is 16.2. The first-order valence-electron chi connectivity index (χ1n) is 6.73. The Kier molecular flexibility index (Phi) is 5.32. The Hall–Kier alpha value is -1.43. The number of rotatable bonds is 5. The number of nitrogens with two attached hydrogens (primary N) is 1. The maximum atomic E-state index is 11.8. The fourth-order valence-electron chi connectivity index (χ4n) is 2.19. The van der Waals surface area contributed by atoms with Crippen molar-refractivity contribution in [2.75, 3.05) is 39.4 Å². The predicted molar refractivity (Wildman–Crippen MR) is 75.4 cm³/mol. The van der Waals surface area contributed by atoms with Gasteiger partial charge in [0.05, 0.1) is 6.54 Å². The molecular weight excluding hydrogens is 240 g/mol. The highest BCUT2D eigenvalue weighted by molar-refractivity contribution is 5.78. The van der Waals surface area contributed by atoms with Crippen molar-refractivity contribution in [1.29, 1.82) is 0 Å². The third kappa shape index (κ3) is 4.63.